The summed E-state index contributed by atoms with van der Waals surface area (Å²) in [5.41, 5.74) is 2.48. The highest BCUT2D eigenvalue weighted by molar-refractivity contribution is 5.69. The van der Waals surface area contributed by atoms with E-state index in [9.17, 15) is 9.90 Å². The quantitative estimate of drug-likeness (QED) is 0.192. The average molecular weight is 401 g/mol. The van der Waals surface area contributed by atoms with Gasteiger partial charge in [0.25, 0.3) is 0 Å². The third kappa shape index (κ3) is 13.1. The summed E-state index contributed by atoms with van der Waals surface area (Å²) in [7, 11) is 0. The van der Waals surface area contributed by atoms with Gasteiger partial charge in [-0.25, -0.2) is 0 Å². The van der Waals surface area contributed by atoms with Crippen molar-refractivity contribution in [2.75, 3.05) is 6.61 Å². The van der Waals surface area contributed by atoms with Crippen LogP contribution in [-0.4, -0.2) is 23.8 Å². The molecule has 1 aromatic rings. The van der Waals surface area contributed by atoms with Crippen LogP contribution in [0, 0.1) is 0 Å². The van der Waals surface area contributed by atoms with Gasteiger partial charge in [-0.3, -0.25) is 4.79 Å². The predicted molar refractivity (Wildman–Crippen MR) is 123 cm³/mol. The number of unbranched alkanes of at least 4 members (excludes halogenated alkanes) is 6. The van der Waals surface area contributed by atoms with Crippen molar-refractivity contribution in [2.24, 2.45) is 0 Å². The molecule has 1 rings (SSSR count). The predicted octanol–water partition coefficient (Wildman–Crippen LogP) is 6.64. The Balaban J connectivity index is 2.34. The Labute approximate surface area is 177 Å². The number of hydrogen-bond donors (Lipinski definition) is 1. The molecule has 0 unspecified atom stereocenters. The molecule has 3 nitrogen and oxygen atoms in total. The lowest BCUT2D eigenvalue weighted by Gasteiger charge is -2.06. The number of rotatable bonds is 16. The standard InChI is InChI=1S/C26H40O3/c1-3-5-6-7-8-9-20-25(27)21-14-12-18-23-16-10-11-17-24(23)19-13-15-22-26(28)29-4-2/h10-12,14,16-18,21,25,27H,3-9,13,15,19-20,22H2,1-2H3/b18-12+,21-14+/t25-/m0/s1. The zero-order valence-corrected chi connectivity index (χ0v) is 18.4. The van der Waals surface area contributed by atoms with Gasteiger partial charge in [0.2, 0.25) is 0 Å². The summed E-state index contributed by atoms with van der Waals surface area (Å²) in [6, 6.07) is 8.34. The largest absolute Gasteiger partial charge is 0.466 e. The number of allylic oxidation sites excluding steroid dienone is 2. The Morgan fingerprint density at radius 1 is 1.00 bits per heavy atom. The third-order valence-electron chi connectivity index (χ3n) is 5.01. The minimum absolute atomic E-state index is 0.106. The van der Waals surface area contributed by atoms with Crippen LogP contribution in [0.5, 0.6) is 0 Å². The number of aliphatic hydroxyl groups excluding tert-OH is 1. The molecule has 1 atom stereocenters. The van der Waals surface area contributed by atoms with Crippen molar-refractivity contribution in [2.45, 2.75) is 90.6 Å². The van der Waals surface area contributed by atoms with Gasteiger partial charge in [-0.2, -0.15) is 0 Å². The first-order valence-corrected chi connectivity index (χ1v) is 11.4. The number of carbonyl (C=O) groups excluding carboxylic acids is 1. The molecule has 0 saturated carbocycles. The van der Waals surface area contributed by atoms with Gasteiger partial charge in [0.1, 0.15) is 0 Å². The zero-order valence-electron chi connectivity index (χ0n) is 18.4. The first kappa shape index (κ1) is 25.2. The van der Waals surface area contributed by atoms with Gasteiger partial charge < -0.3 is 9.84 Å². The Morgan fingerprint density at radius 3 is 2.55 bits per heavy atom. The van der Waals surface area contributed by atoms with E-state index in [1.54, 1.807) is 0 Å². The lowest BCUT2D eigenvalue weighted by molar-refractivity contribution is -0.143. The maximum absolute atomic E-state index is 11.4. The molecule has 1 aromatic carbocycles. The van der Waals surface area contributed by atoms with E-state index in [4.69, 9.17) is 4.74 Å². The molecule has 0 aliphatic carbocycles. The summed E-state index contributed by atoms with van der Waals surface area (Å²) < 4.78 is 4.97. The van der Waals surface area contributed by atoms with Crippen molar-refractivity contribution in [1.82, 2.24) is 0 Å². The summed E-state index contributed by atoms with van der Waals surface area (Å²) in [6.45, 7) is 4.52. The van der Waals surface area contributed by atoms with Crippen molar-refractivity contribution < 1.29 is 14.6 Å². The molecular formula is C26H40O3. The minimum Gasteiger partial charge on any atom is -0.466 e. The first-order chi connectivity index (χ1) is 14.2. The highest BCUT2D eigenvalue weighted by Gasteiger charge is 2.03. The maximum atomic E-state index is 11.4. The fraction of sp³-hybridized carbons (Fsp3) is 0.577. The molecule has 0 aliphatic heterocycles. The first-order valence-electron chi connectivity index (χ1n) is 11.4. The smallest absolute Gasteiger partial charge is 0.305 e. The molecule has 162 valence electrons. The molecule has 1 N–H and O–H groups in total. The molecule has 0 spiro atoms. The molecule has 29 heavy (non-hydrogen) atoms. The van der Waals surface area contributed by atoms with Gasteiger partial charge in [0.05, 0.1) is 12.7 Å². The van der Waals surface area contributed by atoms with Crippen molar-refractivity contribution in [3.63, 3.8) is 0 Å². The van der Waals surface area contributed by atoms with Crippen LogP contribution in [-0.2, 0) is 16.0 Å². The number of ether oxygens (including phenoxy) is 1. The number of carbonyl (C=O) groups is 1. The van der Waals surface area contributed by atoms with Gasteiger partial charge >= 0.3 is 5.97 Å². The summed E-state index contributed by atoms with van der Waals surface area (Å²) in [4.78, 5) is 11.4. The maximum Gasteiger partial charge on any atom is 0.305 e. The Hall–Kier alpha value is -1.87. The van der Waals surface area contributed by atoms with Crippen molar-refractivity contribution in [1.29, 1.82) is 0 Å². The Morgan fingerprint density at radius 2 is 1.76 bits per heavy atom. The second-order valence-corrected chi connectivity index (χ2v) is 7.58. The fourth-order valence-electron chi connectivity index (χ4n) is 3.32. The molecule has 0 fully saturated rings. The van der Waals surface area contributed by atoms with E-state index in [2.05, 4.69) is 31.2 Å². The molecule has 0 heterocycles. The molecule has 0 radical (unpaired) electrons. The minimum atomic E-state index is -0.357. The second kappa shape index (κ2) is 17.0. The molecule has 3 heteroatoms. The molecule has 0 saturated heterocycles. The highest BCUT2D eigenvalue weighted by Crippen LogP contribution is 2.15. The molecule has 0 amide bonds. The van der Waals surface area contributed by atoms with Crippen LogP contribution in [0.25, 0.3) is 6.08 Å². The zero-order chi connectivity index (χ0) is 21.2. The SMILES string of the molecule is CCCCCCCC[C@H](O)/C=C/C=C/c1ccccc1CCCCC(=O)OCC. The number of esters is 1. The van der Waals surface area contributed by atoms with E-state index in [1.165, 1.54) is 43.2 Å². The third-order valence-corrected chi connectivity index (χ3v) is 5.01. The van der Waals surface area contributed by atoms with Crippen molar-refractivity contribution >= 4 is 12.0 Å². The summed E-state index contributed by atoms with van der Waals surface area (Å²) in [5, 5.41) is 10.1. The van der Waals surface area contributed by atoms with E-state index >= 15 is 0 Å². The van der Waals surface area contributed by atoms with Crippen molar-refractivity contribution in [3.05, 3.63) is 53.6 Å². The van der Waals surface area contributed by atoms with E-state index in [1.807, 2.05) is 31.2 Å². The molecule has 0 bridgehead atoms. The van der Waals surface area contributed by atoms with Gasteiger partial charge in [-0.05, 0) is 43.7 Å². The normalized spacial score (nSPS) is 12.7. The second-order valence-electron chi connectivity index (χ2n) is 7.58. The Kier molecular flexibility index (Phi) is 14.8. The molecule has 0 aromatic heterocycles. The van der Waals surface area contributed by atoms with Crippen LogP contribution in [0.4, 0.5) is 0 Å². The summed E-state index contributed by atoms with van der Waals surface area (Å²) >= 11 is 0. The van der Waals surface area contributed by atoms with Crippen LogP contribution in [0.3, 0.4) is 0 Å². The van der Waals surface area contributed by atoms with Gasteiger partial charge in [0, 0.05) is 6.42 Å². The lowest BCUT2D eigenvalue weighted by Crippen LogP contribution is -2.03. The highest BCUT2D eigenvalue weighted by atomic mass is 16.5. The van der Waals surface area contributed by atoms with Crippen LogP contribution in [0.1, 0.15) is 89.2 Å². The van der Waals surface area contributed by atoms with E-state index in [0.29, 0.717) is 13.0 Å². The van der Waals surface area contributed by atoms with Crippen LogP contribution < -0.4 is 0 Å². The monoisotopic (exact) mass is 400 g/mol. The van der Waals surface area contributed by atoms with Gasteiger partial charge in [-0.1, -0.05) is 94.0 Å². The average Bonchev–Trinajstić information content (AvgIpc) is 2.72. The molecular weight excluding hydrogens is 360 g/mol. The van der Waals surface area contributed by atoms with E-state index < -0.39 is 0 Å². The summed E-state index contributed by atoms with van der Waals surface area (Å²) in [5.74, 6) is -0.106. The topological polar surface area (TPSA) is 46.5 Å². The number of benzene rings is 1. The van der Waals surface area contributed by atoms with Crippen LogP contribution in [0.15, 0.2) is 42.5 Å². The van der Waals surface area contributed by atoms with Crippen molar-refractivity contribution in [3.8, 4) is 0 Å². The number of hydrogen-bond acceptors (Lipinski definition) is 3. The fourth-order valence-corrected chi connectivity index (χ4v) is 3.32. The molecule has 0 aliphatic rings. The Bertz CT molecular complexity index is 604. The van der Waals surface area contributed by atoms with Gasteiger partial charge in [-0.15, -0.1) is 0 Å². The number of aliphatic hydroxyl groups is 1. The lowest BCUT2D eigenvalue weighted by atomic mass is 10.0. The van der Waals surface area contributed by atoms with Gasteiger partial charge in [0.15, 0.2) is 0 Å². The van der Waals surface area contributed by atoms with Crippen LogP contribution >= 0.6 is 0 Å². The number of aryl methyl sites for hydroxylation is 1. The summed E-state index contributed by atoms with van der Waals surface area (Å²) in [6.07, 6.45) is 19.1. The van der Waals surface area contributed by atoms with E-state index in [-0.39, 0.29) is 12.1 Å². The van der Waals surface area contributed by atoms with E-state index in [0.717, 1.165) is 32.1 Å². The van der Waals surface area contributed by atoms with Crippen LogP contribution in [0.2, 0.25) is 0 Å².